The summed E-state index contributed by atoms with van der Waals surface area (Å²) in [5, 5.41) is 9.59. The van der Waals surface area contributed by atoms with Crippen LogP contribution < -0.4 is 10.2 Å². The fraction of sp³-hybridized carbons (Fsp3) is 0.571. The minimum absolute atomic E-state index is 0.178. The standard InChI is InChI=1S/C14H21NO3/c1-2-17-14-9-11(7-8-13(14)16)10-15-18-12-5-3-4-6-12/h7-9,12,15-16H,2-6,10H2,1H3. The monoisotopic (exact) mass is 251 g/mol. The second-order valence-electron chi connectivity index (χ2n) is 4.58. The second kappa shape index (κ2) is 6.61. The minimum atomic E-state index is 0.178. The predicted octanol–water partition coefficient (Wildman–Crippen LogP) is 2.75. The summed E-state index contributed by atoms with van der Waals surface area (Å²) in [5.74, 6) is 0.704. The molecule has 0 amide bonds. The van der Waals surface area contributed by atoms with E-state index in [1.165, 1.54) is 12.8 Å². The summed E-state index contributed by atoms with van der Waals surface area (Å²) in [6, 6.07) is 5.35. The molecular formula is C14H21NO3. The Morgan fingerprint density at radius 1 is 1.33 bits per heavy atom. The summed E-state index contributed by atoms with van der Waals surface area (Å²) in [6.07, 6.45) is 5.17. The van der Waals surface area contributed by atoms with Crippen LogP contribution in [0.15, 0.2) is 18.2 Å². The molecule has 0 aliphatic heterocycles. The third-order valence-electron chi connectivity index (χ3n) is 3.15. The van der Waals surface area contributed by atoms with Gasteiger partial charge in [0.15, 0.2) is 11.5 Å². The van der Waals surface area contributed by atoms with E-state index in [1.54, 1.807) is 6.07 Å². The zero-order chi connectivity index (χ0) is 12.8. The van der Waals surface area contributed by atoms with Crippen LogP contribution in [0.4, 0.5) is 0 Å². The molecule has 0 atom stereocenters. The molecule has 18 heavy (non-hydrogen) atoms. The molecule has 100 valence electrons. The number of hydroxylamine groups is 1. The number of rotatable bonds is 6. The van der Waals surface area contributed by atoms with E-state index < -0.39 is 0 Å². The number of hydrogen-bond donors (Lipinski definition) is 2. The van der Waals surface area contributed by atoms with Gasteiger partial charge in [-0.1, -0.05) is 18.9 Å². The van der Waals surface area contributed by atoms with E-state index in [-0.39, 0.29) is 5.75 Å². The Balaban J connectivity index is 1.82. The van der Waals surface area contributed by atoms with E-state index in [4.69, 9.17) is 9.57 Å². The maximum absolute atomic E-state index is 9.59. The Bertz CT molecular complexity index is 375. The van der Waals surface area contributed by atoms with E-state index in [2.05, 4.69) is 5.48 Å². The van der Waals surface area contributed by atoms with E-state index in [0.717, 1.165) is 18.4 Å². The Morgan fingerprint density at radius 2 is 2.11 bits per heavy atom. The summed E-state index contributed by atoms with van der Waals surface area (Å²) in [4.78, 5) is 5.58. The number of ether oxygens (including phenoxy) is 1. The number of phenolic OH excluding ortho intramolecular Hbond substituents is 1. The van der Waals surface area contributed by atoms with Gasteiger partial charge in [-0.15, -0.1) is 0 Å². The van der Waals surface area contributed by atoms with Crippen molar-refractivity contribution in [2.45, 2.75) is 45.3 Å². The van der Waals surface area contributed by atoms with Gasteiger partial charge in [0, 0.05) is 6.54 Å². The van der Waals surface area contributed by atoms with Crippen LogP contribution in [0, 0.1) is 0 Å². The Kier molecular flexibility index (Phi) is 4.84. The van der Waals surface area contributed by atoms with Crippen molar-refractivity contribution in [2.24, 2.45) is 0 Å². The van der Waals surface area contributed by atoms with Crippen molar-refractivity contribution in [3.8, 4) is 11.5 Å². The highest BCUT2D eigenvalue weighted by atomic mass is 16.7. The number of benzene rings is 1. The third kappa shape index (κ3) is 3.62. The molecule has 1 saturated carbocycles. The molecule has 0 unspecified atom stereocenters. The molecule has 0 spiro atoms. The van der Waals surface area contributed by atoms with E-state index >= 15 is 0 Å². The molecule has 2 rings (SSSR count). The van der Waals surface area contributed by atoms with Gasteiger partial charge in [-0.2, -0.15) is 5.48 Å². The molecule has 1 aliphatic carbocycles. The first-order valence-electron chi connectivity index (χ1n) is 6.62. The van der Waals surface area contributed by atoms with Crippen LogP contribution in [0.3, 0.4) is 0 Å². The zero-order valence-electron chi connectivity index (χ0n) is 10.8. The summed E-state index contributed by atoms with van der Waals surface area (Å²) >= 11 is 0. The van der Waals surface area contributed by atoms with Crippen LogP contribution in [-0.2, 0) is 11.4 Å². The highest BCUT2D eigenvalue weighted by Gasteiger charge is 2.15. The van der Waals surface area contributed by atoms with E-state index in [9.17, 15) is 5.11 Å². The first-order chi connectivity index (χ1) is 8.79. The first-order valence-corrected chi connectivity index (χ1v) is 6.62. The minimum Gasteiger partial charge on any atom is -0.504 e. The Hall–Kier alpha value is -1.26. The Morgan fingerprint density at radius 3 is 2.83 bits per heavy atom. The van der Waals surface area contributed by atoms with Crippen LogP contribution in [0.5, 0.6) is 11.5 Å². The fourth-order valence-electron chi connectivity index (χ4n) is 2.19. The lowest BCUT2D eigenvalue weighted by atomic mass is 10.2. The van der Waals surface area contributed by atoms with Crippen molar-refractivity contribution in [1.82, 2.24) is 5.48 Å². The van der Waals surface area contributed by atoms with E-state index in [0.29, 0.717) is 25.0 Å². The fourth-order valence-corrected chi connectivity index (χ4v) is 2.19. The lowest BCUT2D eigenvalue weighted by molar-refractivity contribution is -0.0244. The van der Waals surface area contributed by atoms with Crippen LogP contribution in [0.25, 0.3) is 0 Å². The van der Waals surface area contributed by atoms with Gasteiger partial charge in [0.1, 0.15) is 0 Å². The maximum Gasteiger partial charge on any atom is 0.161 e. The van der Waals surface area contributed by atoms with Crippen LogP contribution in [-0.4, -0.2) is 17.8 Å². The van der Waals surface area contributed by atoms with Crippen molar-refractivity contribution in [1.29, 1.82) is 0 Å². The molecule has 0 saturated heterocycles. The molecule has 1 aromatic rings. The van der Waals surface area contributed by atoms with Gasteiger partial charge in [-0.05, 0) is 37.5 Å². The molecule has 1 fully saturated rings. The Labute approximate surface area is 108 Å². The van der Waals surface area contributed by atoms with Gasteiger partial charge in [-0.25, -0.2) is 0 Å². The summed E-state index contributed by atoms with van der Waals surface area (Å²) in [6.45, 7) is 3.06. The van der Waals surface area contributed by atoms with Crippen LogP contribution in [0.2, 0.25) is 0 Å². The second-order valence-corrected chi connectivity index (χ2v) is 4.58. The van der Waals surface area contributed by atoms with Gasteiger partial charge in [0.05, 0.1) is 12.7 Å². The van der Waals surface area contributed by atoms with Gasteiger partial charge in [0.25, 0.3) is 0 Å². The molecular weight excluding hydrogens is 230 g/mol. The molecule has 0 aromatic heterocycles. The average molecular weight is 251 g/mol. The first kappa shape index (κ1) is 13.2. The number of phenols is 1. The molecule has 4 nitrogen and oxygen atoms in total. The average Bonchev–Trinajstić information content (AvgIpc) is 2.87. The lowest BCUT2D eigenvalue weighted by Gasteiger charge is -2.12. The normalized spacial score (nSPS) is 16.1. The van der Waals surface area contributed by atoms with Crippen LogP contribution >= 0.6 is 0 Å². The van der Waals surface area contributed by atoms with Crippen molar-refractivity contribution >= 4 is 0 Å². The number of nitrogens with one attached hydrogen (secondary N) is 1. The summed E-state index contributed by atoms with van der Waals surface area (Å²) in [5.41, 5.74) is 4.03. The molecule has 4 heteroatoms. The highest BCUT2D eigenvalue weighted by molar-refractivity contribution is 5.41. The molecule has 1 aliphatic rings. The van der Waals surface area contributed by atoms with Crippen molar-refractivity contribution < 1.29 is 14.7 Å². The van der Waals surface area contributed by atoms with Gasteiger partial charge in [-0.3, -0.25) is 4.84 Å². The molecule has 2 N–H and O–H groups in total. The maximum atomic E-state index is 9.59. The molecule has 1 aromatic carbocycles. The zero-order valence-corrected chi connectivity index (χ0v) is 10.8. The number of aromatic hydroxyl groups is 1. The number of hydrogen-bond acceptors (Lipinski definition) is 4. The molecule has 0 bridgehead atoms. The van der Waals surface area contributed by atoms with Gasteiger partial charge in [0.2, 0.25) is 0 Å². The SMILES string of the molecule is CCOc1cc(CNOC2CCCC2)ccc1O. The van der Waals surface area contributed by atoms with Gasteiger partial charge < -0.3 is 9.84 Å². The predicted molar refractivity (Wildman–Crippen MR) is 69.5 cm³/mol. The third-order valence-corrected chi connectivity index (χ3v) is 3.15. The smallest absolute Gasteiger partial charge is 0.161 e. The van der Waals surface area contributed by atoms with Crippen LogP contribution in [0.1, 0.15) is 38.2 Å². The molecule has 0 radical (unpaired) electrons. The summed E-state index contributed by atoms with van der Waals surface area (Å²) in [7, 11) is 0. The highest BCUT2D eigenvalue weighted by Crippen LogP contribution is 2.27. The lowest BCUT2D eigenvalue weighted by Crippen LogP contribution is -2.21. The van der Waals surface area contributed by atoms with Crippen molar-refractivity contribution in [2.75, 3.05) is 6.61 Å². The van der Waals surface area contributed by atoms with Gasteiger partial charge >= 0.3 is 0 Å². The topological polar surface area (TPSA) is 50.7 Å². The summed E-state index contributed by atoms with van der Waals surface area (Å²) < 4.78 is 5.34. The van der Waals surface area contributed by atoms with Crippen molar-refractivity contribution in [3.05, 3.63) is 23.8 Å². The van der Waals surface area contributed by atoms with Crippen molar-refractivity contribution in [3.63, 3.8) is 0 Å². The quantitative estimate of drug-likeness (QED) is 0.763. The van der Waals surface area contributed by atoms with E-state index in [1.807, 2.05) is 19.1 Å². The largest absolute Gasteiger partial charge is 0.504 e. The molecule has 0 heterocycles.